The fraction of sp³-hybridized carbons (Fsp3) is 0.385. The summed E-state index contributed by atoms with van der Waals surface area (Å²) in [5.41, 5.74) is 0.302. The van der Waals surface area contributed by atoms with Crippen molar-refractivity contribution < 1.29 is 9.53 Å². The number of hydrogen-bond acceptors (Lipinski definition) is 3. The summed E-state index contributed by atoms with van der Waals surface area (Å²) in [6.45, 7) is 5.85. The maximum atomic E-state index is 11.3. The molecule has 0 aliphatic heterocycles. The molecule has 0 saturated heterocycles. The van der Waals surface area contributed by atoms with E-state index >= 15 is 0 Å². The van der Waals surface area contributed by atoms with Crippen LogP contribution < -0.4 is 5.32 Å². The zero-order valence-corrected chi connectivity index (χ0v) is 11.5. The fourth-order valence-corrected chi connectivity index (χ4v) is 1.23. The molecule has 1 heterocycles. The number of alkyl carbamates (subject to hydrolysis) is 1. The molecule has 5 heteroatoms. The minimum absolute atomic E-state index is 0.388. The summed E-state index contributed by atoms with van der Waals surface area (Å²) in [6.07, 6.45) is 4.73. The molecule has 1 rings (SSSR count). The van der Waals surface area contributed by atoms with Gasteiger partial charge in [-0.25, -0.2) is 4.79 Å². The van der Waals surface area contributed by atoms with E-state index < -0.39 is 11.7 Å². The molecule has 0 aliphatic carbocycles. The molecule has 18 heavy (non-hydrogen) atoms. The Balaban J connectivity index is 2.33. The molecule has 1 amide bonds. The Morgan fingerprint density at radius 1 is 1.50 bits per heavy atom. The second kappa shape index (κ2) is 6.40. The molecular formula is C13H17ClN2O2. The molecular weight excluding hydrogens is 252 g/mol. The Hall–Kier alpha value is -1.55. The summed E-state index contributed by atoms with van der Waals surface area (Å²) in [4.78, 5) is 15.4. The van der Waals surface area contributed by atoms with Crippen LogP contribution >= 0.6 is 11.6 Å². The minimum atomic E-state index is -0.481. The number of rotatable bonds is 3. The Morgan fingerprint density at radius 2 is 2.22 bits per heavy atom. The highest BCUT2D eigenvalue weighted by Crippen LogP contribution is 2.07. The Morgan fingerprint density at radius 3 is 2.78 bits per heavy atom. The van der Waals surface area contributed by atoms with Gasteiger partial charge in [-0.1, -0.05) is 17.7 Å². The van der Waals surface area contributed by atoms with Gasteiger partial charge in [-0.3, -0.25) is 4.98 Å². The SMILES string of the molecule is CC(C)(C)OC(=O)NCC=Cc1ccc(Cl)cn1. The highest BCUT2D eigenvalue weighted by molar-refractivity contribution is 6.30. The molecule has 0 fully saturated rings. The van der Waals surface area contributed by atoms with E-state index in [4.69, 9.17) is 16.3 Å². The van der Waals surface area contributed by atoms with Gasteiger partial charge in [0, 0.05) is 12.7 Å². The third-order valence-electron chi connectivity index (χ3n) is 1.80. The van der Waals surface area contributed by atoms with Gasteiger partial charge in [0.1, 0.15) is 5.60 Å². The lowest BCUT2D eigenvalue weighted by molar-refractivity contribution is 0.0534. The van der Waals surface area contributed by atoms with Gasteiger partial charge in [0.15, 0.2) is 0 Å². The molecule has 0 spiro atoms. The lowest BCUT2D eigenvalue weighted by atomic mass is 10.2. The molecule has 1 aromatic heterocycles. The van der Waals surface area contributed by atoms with Gasteiger partial charge in [-0.15, -0.1) is 0 Å². The number of carbonyl (C=O) groups excluding carboxylic acids is 1. The first-order valence-electron chi connectivity index (χ1n) is 5.62. The van der Waals surface area contributed by atoms with E-state index in [0.29, 0.717) is 11.6 Å². The van der Waals surface area contributed by atoms with E-state index in [0.717, 1.165) is 5.69 Å². The first kappa shape index (κ1) is 14.5. The molecule has 0 aliphatic rings. The Bertz CT molecular complexity index is 422. The second-order valence-electron chi connectivity index (χ2n) is 4.69. The number of carbonyl (C=O) groups is 1. The number of amides is 1. The molecule has 0 radical (unpaired) electrons. The molecule has 0 saturated carbocycles. The van der Waals surface area contributed by atoms with Crippen LogP contribution in [0.2, 0.25) is 5.02 Å². The topological polar surface area (TPSA) is 51.2 Å². The van der Waals surface area contributed by atoms with Crippen molar-refractivity contribution in [2.45, 2.75) is 26.4 Å². The van der Waals surface area contributed by atoms with Crippen molar-refractivity contribution in [2.75, 3.05) is 6.54 Å². The van der Waals surface area contributed by atoms with Crippen LogP contribution in [0.3, 0.4) is 0 Å². The normalized spacial score (nSPS) is 11.6. The van der Waals surface area contributed by atoms with Crippen LogP contribution in [0.15, 0.2) is 24.4 Å². The average molecular weight is 269 g/mol. The van der Waals surface area contributed by atoms with Crippen molar-refractivity contribution in [3.05, 3.63) is 35.1 Å². The molecule has 1 aromatic rings. The molecule has 4 nitrogen and oxygen atoms in total. The van der Waals surface area contributed by atoms with Crippen molar-refractivity contribution in [3.8, 4) is 0 Å². The van der Waals surface area contributed by atoms with Crippen LogP contribution in [0.5, 0.6) is 0 Å². The first-order chi connectivity index (χ1) is 8.37. The van der Waals surface area contributed by atoms with Crippen LogP contribution in [0.1, 0.15) is 26.5 Å². The van der Waals surface area contributed by atoms with Crippen LogP contribution in [0.4, 0.5) is 4.79 Å². The number of aromatic nitrogens is 1. The van der Waals surface area contributed by atoms with E-state index in [2.05, 4.69) is 10.3 Å². The number of nitrogens with one attached hydrogen (secondary N) is 1. The van der Waals surface area contributed by atoms with Gasteiger partial charge in [-0.05, 0) is 39.0 Å². The van der Waals surface area contributed by atoms with Crippen molar-refractivity contribution >= 4 is 23.8 Å². The monoisotopic (exact) mass is 268 g/mol. The predicted molar refractivity (Wildman–Crippen MR) is 72.5 cm³/mol. The van der Waals surface area contributed by atoms with Crippen molar-refractivity contribution in [1.29, 1.82) is 0 Å². The van der Waals surface area contributed by atoms with Crippen molar-refractivity contribution in [2.24, 2.45) is 0 Å². The lowest BCUT2D eigenvalue weighted by Crippen LogP contribution is -2.32. The standard InChI is InChI=1S/C13H17ClN2O2/c1-13(2,3)18-12(17)15-8-4-5-11-7-6-10(14)9-16-11/h4-7,9H,8H2,1-3H3,(H,15,17). The summed E-state index contributed by atoms with van der Waals surface area (Å²) in [5.74, 6) is 0. The van der Waals surface area contributed by atoms with Crippen LogP contribution in [0, 0.1) is 0 Å². The number of hydrogen-bond donors (Lipinski definition) is 1. The Labute approximate surface area is 112 Å². The van der Waals surface area contributed by atoms with E-state index in [1.807, 2.05) is 20.8 Å². The predicted octanol–water partition coefficient (Wildman–Crippen LogP) is 3.27. The third-order valence-corrected chi connectivity index (χ3v) is 2.03. The number of ether oxygens (including phenoxy) is 1. The maximum Gasteiger partial charge on any atom is 0.407 e. The zero-order valence-electron chi connectivity index (χ0n) is 10.7. The molecule has 0 aromatic carbocycles. The number of pyridine rings is 1. The maximum absolute atomic E-state index is 11.3. The third kappa shape index (κ3) is 6.25. The molecule has 0 bridgehead atoms. The van der Waals surface area contributed by atoms with Crippen molar-refractivity contribution in [1.82, 2.24) is 10.3 Å². The van der Waals surface area contributed by atoms with Gasteiger partial charge >= 0.3 is 6.09 Å². The lowest BCUT2D eigenvalue weighted by Gasteiger charge is -2.19. The highest BCUT2D eigenvalue weighted by Gasteiger charge is 2.14. The largest absolute Gasteiger partial charge is 0.444 e. The molecule has 0 atom stereocenters. The van der Waals surface area contributed by atoms with Crippen molar-refractivity contribution in [3.63, 3.8) is 0 Å². The van der Waals surface area contributed by atoms with Crippen LogP contribution in [0.25, 0.3) is 6.08 Å². The summed E-state index contributed by atoms with van der Waals surface area (Å²) in [6, 6.07) is 3.56. The fourth-order valence-electron chi connectivity index (χ4n) is 1.12. The number of halogens is 1. The first-order valence-corrected chi connectivity index (χ1v) is 5.99. The van der Waals surface area contributed by atoms with Crippen LogP contribution in [-0.4, -0.2) is 23.2 Å². The summed E-state index contributed by atoms with van der Waals surface area (Å²) < 4.78 is 5.09. The summed E-state index contributed by atoms with van der Waals surface area (Å²) >= 11 is 5.72. The molecule has 98 valence electrons. The average Bonchev–Trinajstić information content (AvgIpc) is 2.24. The summed E-state index contributed by atoms with van der Waals surface area (Å²) in [7, 11) is 0. The van der Waals surface area contributed by atoms with Crippen LogP contribution in [-0.2, 0) is 4.74 Å². The van der Waals surface area contributed by atoms with E-state index in [9.17, 15) is 4.79 Å². The molecule has 1 N–H and O–H groups in total. The van der Waals surface area contributed by atoms with E-state index in [1.165, 1.54) is 0 Å². The second-order valence-corrected chi connectivity index (χ2v) is 5.12. The molecule has 0 unspecified atom stereocenters. The van der Waals surface area contributed by atoms with Gasteiger partial charge in [-0.2, -0.15) is 0 Å². The van der Waals surface area contributed by atoms with E-state index in [-0.39, 0.29) is 0 Å². The zero-order chi connectivity index (χ0) is 13.6. The van der Waals surface area contributed by atoms with Gasteiger partial charge in [0.25, 0.3) is 0 Å². The minimum Gasteiger partial charge on any atom is -0.444 e. The van der Waals surface area contributed by atoms with Gasteiger partial charge in [0.2, 0.25) is 0 Å². The number of nitrogens with zero attached hydrogens (tertiary/aromatic N) is 1. The van der Waals surface area contributed by atoms with E-state index in [1.54, 1.807) is 30.5 Å². The van der Waals surface area contributed by atoms with Gasteiger partial charge < -0.3 is 10.1 Å². The van der Waals surface area contributed by atoms with Gasteiger partial charge in [0.05, 0.1) is 10.7 Å². The highest BCUT2D eigenvalue weighted by atomic mass is 35.5. The quantitative estimate of drug-likeness (QED) is 0.915. The smallest absolute Gasteiger partial charge is 0.407 e. The summed E-state index contributed by atoms with van der Waals surface area (Å²) in [5, 5.41) is 3.22. The Kier molecular flexibility index (Phi) is 5.16.